The van der Waals surface area contributed by atoms with Crippen LogP contribution in [-0.4, -0.2) is 24.4 Å². The minimum absolute atomic E-state index is 0.00895. The van der Waals surface area contributed by atoms with Crippen LogP contribution in [0.15, 0.2) is 18.2 Å². The van der Waals surface area contributed by atoms with Gasteiger partial charge < -0.3 is 9.84 Å². The highest BCUT2D eigenvalue weighted by Crippen LogP contribution is 2.49. The first-order valence-corrected chi connectivity index (χ1v) is 6.81. The van der Waals surface area contributed by atoms with Crippen molar-refractivity contribution in [3.63, 3.8) is 0 Å². The Balaban J connectivity index is 1.85. The quantitative estimate of drug-likeness (QED) is 0.909. The molecular weight excluding hydrogens is 250 g/mol. The summed E-state index contributed by atoms with van der Waals surface area (Å²) in [7, 11) is 0. The molecule has 0 bridgehead atoms. The summed E-state index contributed by atoms with van der Waals surface area (Å²) in [5.41, 5.74) is 0.0615. The van der Waals surface area contributed by atoms with Crippen LogP contribution in [0.3, 0.4) is 0 Å². The van der Waals surface area contributed by atoms with E-state index in [2.05, 4.69) is 0 Å². The van der Waals surface area contributed by atoms with Crippen molar-refractivity contribution in [2.75, 3.05) is 13.2 Å². The van der Waals surface area contributed by atoms with E-state index in [-0.39, 0.29) is 12.7 Å². The molecule has 4 heteroatoms. The number of aliphatic hydroxyl groups is 1. The van der Waals surface area contributed by atoms with Gasteiger partial charge in [-0.3, -0.25) is 0 Å². The Bertz CT molecular complexity index is 473. The summed E-state index contributed by atoms with van der Waals surface area (Å²) in [5, 5.41) is 9.79. The fourth-order valence-corrected chi connectivity index (χ4v) is 3.20. The van der Waals surface area contributed by atoms with Gasteiger partial charge in [-0.2, -0.15) is 0 Å². The van der Waals surface area contributed by atoms with E-state index in [0.29, 0.717) is 24.5 Å². The fraction of sp³-hybridized carbons (Fsp3) is 0.600. The minimum atomic E-state index is -0.569. The molecule has 104 valence electrons. The van der Waals surface area contributed by atoms with Gasteiger partial charge >= 0.3 is 0 Å². The van der Waals surface area contributed by atoms with Gasteiger partial charge in [0.15, 0.2) is 0 Å². The van der Waals surface area contributed by atoms with Crippen LogP contribution in [0, 0.1) is 23.0 Å². The Morgan fingerprint density at radius 3 is 2.74 bits per heavy atom. The molecule has 1 heterocycles. The zero-order valence-electron chi connectivity index (χ0n) is 10.7. The van der Waals surface area contributed by atoms with Crippen LogP contribution in [0.2, 0.25) is 0 Å². The second-order valence-corrected chi connectivity index (χ2v) is 5.81. The number of halogens is 2. The van der Waals surface area contributed by atoms with Gasteiger partial charge in [-0.05, 0) is 43.2 Å². The van der Waals surface area contributed by atoms with Crippen LogP contribution in [0.1, 0.15) is 24.8 Å². The smallest absolute Gasteiger partial charge is 0.129 e. The Kier molecular flexibility index (Phi) is 3.31. The van der Waals surface area contributed by atoms with Crippen LogP contribution in [-0.2, 0) is 11.2 Å². The SMILES string of the molecule is OCC1(Cc2ccc(F)cc2F)CCOC1C1CC1. The highest BCUT2D eigenvalue weighted by atomic mass is 19.1. The maximum atomic E-state index is 13.8. The molecule has 1 aliphatic carbocycles. The van der Waals surface area contributed by atoms with Crippen molar-refractivity contribution in [2.45, 2.75) is 31.8 Å². The second-order valence-electron chi connectivity index (χ2n) is 5.81. The molecule has 3 rings (SSSR count). The van der Waals surface area contributed by atoms with Crippen molar-refractivity contribution in [3.05, 3.63) is 35.4 Å². The second kappa shape index (κ2) is 4.84. The average Bonchev–Trinajstić information content (AvgIpc) is 3.15. The standard InChI is InChI=1S/C15H18F2O2/c16-12-4-3-11(13(17)7-12)8-15(9-18)5-6-19-14(15)10-1-2-10/h3-4,7,10,14,18H,1-2,5-6,8-9H2. The lowest BCUT2D eigenvalue weighted by molar-refractivity contribution is 0.000204. The molecule has 19 heavy (non-hydrogen) atoms. The van der Waals surface area contributed by atoms with Gasteiger partial charge in [-0.15, -0.1) is 0 Å². The van der Waals surface area contributed by atoms with E-state index in [1.807, 2.05) is 0 Å². The summed E-state index contributed by atoms with van der Waals surface area (Å²) in [5.74, 6) is -0.604. The average molecular weight is 268 g/mol. The number of hydrogen-bond donors (Lipinski definition) is 1. The number of rotatable bonds is 4. The Morgan fingerprint density at radius 2 is 2.11 bits per heavy atom. The first kappa shape index (κ1) is 13.0. The zero-order valence-corrected chi connectivity index (χ0v) is 10.7. The lowest BCUT2D eigenvalue weighted by Crippen LogP contribution is -2.38. The van der Waals surface area contributed by atoms with Crippen LogP contribution in [0.25, 0.3) is 0 Å². The molecule has 2 nitrogen and oxygen atoms in total. The molecule has 2 fully saturated rings. The first-order chi connectivity index (χ1) is 9.14. The van der Waals surface area contributed by atoms with E-state index in [1.165, 1.54) is 12.1 Å². The summed E-state index contributed by atoms with van der Waals surface area (Å²) >= 11 is 0. The van der Waals surface area contributed by atoms with Gasteiger partial charge in [0.05, 0.1) is 12.7 Å². The van der Waals surface area contributed by atoms with E-state index >= 15 is 0 Å². The Morgan fingerprint density at radius 1 is 1.32 bits per heavy atom. The number of aliphatic hydroxyl groups excluding tert-OH is 1. The number of benzene rings is 1. The maximum absolute atomic E-state index is 13.8. The van der Waals surface area contributed by atoms with Gasteiger partial charge in [0.25, 0.3) is 0 Å². The van der Waals surface area contributed by atoms with Gasteiger partial charge in [-0.1, -0.05) is 6.07 Å². The predicted molar refractivity (Wildman–Crippen MR) is 66.7 cm³/mol. The molecule has 2 atom stereocenters. The molecule has 2 aliphatic rings. The molecule has 0 spiro atoms. The molecule has 2 unspecified atom stereocenters. The van der Waals surface area contributed by atoms with Crippen molar-refractivity contribution in [1.29, 1.82) is 0 Å². The largest absolute Gasteiger partial charge is 0.396 e. The van der Waals surface area contributed by atoms with Gasteiger partial charge in [0.2, 0.25) is 0 Å². The molecule has 1 saturated carbocycles. The molecule has 1 aromatic rings. The topological polar surface area (TPSA) is 29.5 Å². The zero-order chi connectivity index (χ0) is 13.5. The normalized spacial score (nSPS) is 30.8. The highest BCUT2D eigenvalue weighted by Gasteiger charge is 2.50. The summed E-state index contributed by atoms with van der Waals surface area (Å²) < 4.78 is 32.5. The predicted octanol–water partition coefficient (Wildman–Crippen LogP) is 2.68. The van der Waals surface area contributed by atoms with Gasteiger partial charge in [-0.25, -0.2) is 8.78 Å². The Labute approximate surface area is 111 Å². The first-order valence-electron chi connectivity index (χ1n) is 6.81. The summed E-state index contributed by atoms with van der Waals surface area (Å²) in [6, 6.07) is 3.65. The molecule has 1 saturated heterocycles. The highest BCUT2D eigenvalue weighted by molar-refractivity contribution is 5.21. The molecule has 1 N–H and O–H groups in total. The van der Waals surface area contributed by atoms with Crippen LogP contribution < -0.4 is 0 Å². The Hall–Kier alpha value is -1.00. The molecule has 0 amide bonds. The lowest BCUT2D eigenvalue weighted by atomic mass is 9.74. The summed E-state index contributed by atoms with van der Waals surface area (Å²) in [6.07, 6.45) is 3.41. The number of ether oxygens (including phenoxy) is 1. The molecular formula is C15H18F2O2. The fourth-order valence-electron chi connectivity index (χ4n) is 3.20. The number of hydrogen-bond acceptors (Lipinski definition) is 2. The molecule has 1 aromatic carbocycles. The lowest BCUT2D eigenvalue weighted by Gasteiger charge is -2.32. The molecule has 1 aliphatic heterocycles. The van der Waals surface area contributed by atoms with Crippen molar-refractivity contribution < 1.29 is 18.6 Å². The third-order valence-electron chi connectivity index (χ3n) is 4.42. The third-order valence-corrected chi connectivity index (χ3v) is 4.42. The van der Waals surface area contributed by atoms with Gasteiger partial charge in [0.1, 0.15) is 11.6 Å². The van der Waals surface area contributed by atoms with Crippen LogP contribution >= 0.6 is 0 Å². The van der Waals surface area contributed by atoms with E-state index < -0.39 is 17.0 Å². The summed E-state index contributed by atoms with van der Waals surface area (Å²) in [6.45, 7) is 0.607. The van der Waals surface area contributed by atoms with E-state index in [1.54, 1.807) is 0 Å². The van der Waals surface area contributed by atoms with Crippen molar-refractivity contribution >= 4 is 0 Å². The van der Waals surface area contributed by atoms with Crippen LogP contribution in [0.4, 0.5) is 8.78 Å². The molecule has 0 radical (unpaired) electrons. The molecule has 0 aromatic heterocycles. The third kappa shape index (κ3) is 2.39. The summed E-state index contributed by atoms with van der Waals surface area (Å²) in [4.78, 5) is 0. The monoisotopic (exact) mass is 268 g/mol. The van der Waals surface area contributed by atoms with E-state index in [4.69, 9.17) is 4.74 Å². The van der Waals surface area contributed by atoms with Crippen LogP contribution in [0.5, 0.6) is 0 Å². The van der Waals surface area contributed by atoms with E-state index in [9.17, 15) is 13.9 Å². The van der Waals surface area contributed by atoms with E-state index in [0.717, 1.165) is 25.3 Å². The minimum Gasteiger partial charge on any atom is -0.396 e. The van der Waals surface area contributed by atoms with Crippen molar-refractivity contribution in [1.82, 2.24) is 0 Å². The van der Waals surface area contributed by atoms with Crippen molar-refractivity contribution in [3.8, 4) is 0 Å². The van der Waals surface area contributed by atoms with Gasteiger partial charge in [0, 0.05) is 18.1 Å². The maximum Gasteiger partial charge on any atom is 0.129 e. The van der Waals surface area contributed by atoms with Crippen molar-refractivity contribution in [2.24, 2.45) is 11.3 Å².